The van der Waals surface area contributed by atoms with Crippen LogP contribution in [-0.4, -0.2) is 49.3 Å². The SMILES string of the molecule is C[C@@H]1C(=S)NC(=O)N1C/C=C/CCS(=O)(=O)NC1(c2cccc(OCC3CC3)c2)CC1. The largest absolute Gasteiger partial charge is 0.493 e. The number of rotatable bonds is 11. The van der Waals surface area contributed by atoms with E-state index in [9.17, 15) is 13.2 Å². The maximum absolute atomic E-state index is 12.7. The van der Waals surface area contributed by atoms with Crippen LogP contribution in [-0.2, 0) is 15.6 Å². The molecule has 1 heterocycles. The maximum atomic E-state index is 12.7. The van der Waals surface area contributed by atoms with Gasteiger partial charge in [0.05, 0.1) is 23.9 Å². The van der Waals surface area contributed by atoms with E-state index in [4.69, 9.17) is 17.0 Å². The fourth-order valence-electron chi connectivity index (χ4n) is 3.67. The Morgan fingerprint density at radius 3 is 2.74 bits per heavy atom. The van der Waals surface area contributed by atoms with Crippen LogP contribution >= 0.6 is 12.2 Å². The van der Waals surface area contributed by atoms with Crippen LogP contribution in [0.5, 0.6) is 5.75 Å². The summed E-state index contributed by atoms with van der Waals surface area (Å²) in [6.45, 7) is 3.00. The molecule has 3 fully saturated rings. The molecule has 1 aromatic carbocycles. The Hall–Kier alpha value is -1.97. The first-order chi connectivity index (χ1) is 14.8. The van der Waals surface area contributed by atoms with Crippen molar-refractivity contribution in [2.24, 2.45) is 5.92 Å². The van der Waals surface area contributed by atoms with Crippen LogP contribution < -0.4 is 14.8 Å². The molecule has 1 saturated heterocycles. The topological polar surface area (TPSA) is 87.7 Å². The van der Waals surface area contributed by atoms with E-state index < -0.39 is 15.6 Å². The number of ether oxygens (including phenoxy) is 1. The van der Waals surface area contributed by atoms with Crippen molar-refractivity contribution >= 4 is 33.3 Å². The Kier molecular flexibility index (Phi) is 6.37. The van der Waals surface area contributed by atoms with Crippen LogP contribution in [0, 0.1) is 5.92 Å². The Morgan fingerprint density at radius 1 is 1.32 bits per heavy atom. The monoisotopic (exact) mass is 463 g/mol. The van der Waals surface area contributed by atoms with Crippen LogP contribution in [0.25, 0.3) is 0 Å². The minimum Gasteiger partial charge on any atom is -0.493 e. The Balaban J connectivity index is 1.28. The fourth-order valence-corrected chi connectivity index (χ4v) is 5.36. The summed E-state index contributed by atoms with van der Waals surface area (Å²) in [5, 5.41) is 2.62. The van der Waals surface area contributed by atoms with E-state index in [1.54, 1.807) is 11.0 Å². The van der Waals surface area contributed by atoms with Gasteiger partial charge in [-0.15, -0.1) is 0 Å². The van der Waals surface area contributed by atoms with Crippen molar-refractivity contribution in [1.82, 2.24) is 14.9 Å². The highest BCUT2D eigenvalue weighted by atomic mass is 32.2. The molecule has 1 aromatic rings. The molecule has 2 N–H and O–H groups in total. The van der Waals surface area contributed by atoms with Crippen molar-refractivity contribution in [3.63, 3.8) is 0 Å². The lowest BCUT2D eigenvalue weighted by atomic mass is 10.1. The van der Waals surface area contributed by atoms with Gasteiger partial charge in [-0.1, -0.05) is 36.5 Å². The number of carbonyl (C=O) groups excluding carboxylic acids is 1. The molecule has 168 valence electrons. The molecule has 0 unspecified atom stereocenters. The quantitative estimate of drug-likeness (QED) is 0.389. The van der Waals surface area contributed by atoms with Crippen molar-refractivity contribution < 1.29 is 17.9 Å². The Bertz CT molecular complexity index is 984. The summed E-state index contributed by atoms with van der Waals surface area (Å²) in [5.74, 6) is 1.48. The minimum absolute atomic E-state index is 0.00326. The van der Waals surface area contributed by atoms with E-state index in [1.165, 1.54) is 12.8 Å². The highest BCUT2D eigenvalue weighted by Crippen LogP contribution is 2.47. The molecule has 0 aromatic heterocycles. The second-order valence-electron chi connectivity index (χ2n) is 8.67. The van der Waals surface area contributed by atoms with Crippen LogP contribution in [0.1, 0.15) is 44.6 Å². The van der Waals surface area contributed by atoms with E-state index in [0.29, 0.717) is 23.9 Å². The number of thiocarbonyl (C=S) groups is 1. The fraction of sp³-hybridized carbons (Fsp3) is 0.545. The third-order valence-corrected chi connectivity index (χ3v) is 7.95. The first-order valence-electron chi connectivity index (χ1n) is 10.8. The van der Waals surface area contributed by atoms with Crippen molar-refractivity contribution in [1.29, 1.82) is 0 Å². The zero-order valence-corrected chi connectivity index (χ0v) is 19.3. The highest BCUT2D eigenvalue weighted by molar-refractivity contribution is 7.89. The molecule has 7 nitrogen and oxygen atoms in total. The first-order valence-corrected chi connectivity index (χ1v) is 12.9. The average Bonchev–Trinajstić information content (AvgIpc) is 3.64. The van der Waals surface area contributed by atoms with Gasteiger partial charge >= 0.3 is 6.03 Å². The van der Waals surface area contributed by atoms with E-state index >= 15 is 0 Å². The summed E-state index contributed by atoms with van der Waals surface area (Å²) >= 11 is 5.09. The molecule has 1 aliphatic heterocycles. The van der Waals surface area contributed by atoms with Gasteiger partial charge in [0.2, 0.25) is 10.0 Å². The van der Waals surface area contributed by atoms with E-state index in [0.717, 1.165) is 30.8 Å². The van der Waals surface area contributed by atoms with Crippen LogP contribution in [0.3, 0.4) is 0 Å². The number of amides is 2. The molecule has 3 aliphatic rings. The normalized spacial score (nSPS) is 22.7. The van der Waals surface area contributed by atoms with Gasteiger partial charge in [0.25, 0.3) is 0 Å². The molecule has 0 spiro atoms. The van der Waals surface area contributed by atoms with Crippen molar-refractivity contribution in [3.05, 3.63) is 42.0 Å². The number of hydrogen-bond donors (Lipinski definition) is 2. The summed E-state index contributed by atoms with van der Waals surface area (Å²) in [6.07, 6.45) is 8.03. The second kappa shape index (κ2) is 8.88. The van der Waals surface area contributed by atoms with Gasteiger partial charge in [0.1, 0.15) is 10.7 Å². The van der Waals surface area contributed by atoms with E-state index in [2.05, 4.69) is 10.0 Å². The lowest BCUT2D eigenvalue weighted by Gasteiger charge is -2.19. The number of nitrogens with zero attached hydrogens (tertiary/aromatic N) is 1. The van der Waals surface area contributed by atoms with Crippen molar-refractivity contribution in [2.45, 2.75) is 50.6 Å². The lowest BCUT2D eigenvalue weighted by molar-refractivity contribution is 0.213. The molecule has 0 bridgehead atoms. The minimum atomic E-state index is -3.44. The number of carbonyl (C=O) groups is 1. The van der Waals surface area contributed by atoms with Gasteiger partial charge < -0.3 is 15.0 Å². The molecule has 0 radical (unpaired) electrons. The maximum Gasteiger partial charge on any atom is 0.323 e. The molecule has 2 aliphatic carbocycles. The molecule has 2 saturated carbocycles. The van der Waals surface area contributed by atoms with Gasteiger partial charge in [0.15, 0.2) is 0 Å². The van der Waals surface area contributed by atoms with Gasteiger partial charge in [-0.25, -0.2) is 17.9 Å². The molecule has 31 heavy (non-hydrogen) atoms. The van der Waals surface area contributed by atoms with Gasteiger partial charge in [-0.05, 0) is 62.6 Å². The zero-order valence-electron chi connectivity index (χ0n) is 17.7. The molecular formula is C22H29N3O4S2. The number of sulfonamides is 1. The summed E-state index contributed by atoms with van der Waals surface area (Å²) in [6, 6.07) is 7.42. The van der Waals surface area contributed by atoms with Gasteiger partial charge in [-0.3, -0.25) is 0 Å². The predicted octanol–water partition coefficient (Wildman–Crippen LogP) is 3.07. The third-order valence-electron chi connectivity index (χ3n) is 6.03. The summed E-state index contributed by atoms with van der Waals surface area (Å²) < 4.78 is 34.1. The zero-order chi connectivity index (χ0) is 22.1. The summed E-state index contributed by atoms with van der Waals surface area (Å²) in [4.78, 5) is 13.9. The average molecular weight is 464 g/mol. The number of urea groups is 1. The number of allylic oxidation sites excluding steroid dienone is 1. The third kappa shape index (κ3) is 5.64. The molecular weight excluding hydrogens is 434 g/mol. The Labute approximate surface area is 189 Å². The molecule has 9 heteroatoms. The van der Waals surface area contributed by atoms with Crippen LogP contribution in [0.2, 0.25) is 0 Å². The number of benzene rings is 1. The Morgan fingerprint density at radius 2 is 2.10 bits per heavy atom. The van der Waals surface area contributed by atoms with Crippen LogP contribution in [0.15, 0.2) is 36.4 Å². The van der Waals surface area contributed by atoms with Crippen LogP contribution in [0.4, 0.5) is 4.79 Å². The predicted molar refractivity (Wildman–Crippen MR) is 124 cm³/mol. The summed E-state index contributed by atoms with van der Waals surface area (Å²) in [5.41, 5.74) is 0.449. The summed E-state index contributed by atoms with van der Waals surface area (Å²) in [7, 11) is -3.44. The molecule has 4 rings (SSSR count). The van der Waals surface area contributed by atoms with Gasteiger partial charge in [0, 0.05) is 6.54 Å². The molecule has 2 amide bonds. The molecule has 1 atom stereocenters. The van der Waals surface area contributed by atoms with E-state index in [1.807, 2.05) is 37.3 Å². The number of nitrogens with one attached hydrogen (secondary N) is 2. The highest BCUT2D eigenvalue weighted by Gasteiger charge is 2.47. The van der Waals surface area contributed by atoms with E-state index in [-0.39, 0.29) is 17.8 Å². The second-order valence-corrected chi connectivity index (χ2v) is 10.9. The van der Waals surface area contributed by atoms with Crippen molar-refractivity contribution in [3.8, 4) is 5.75 Å². The standard InChI is InChI=1S/C22H29N3O4S2/c1-16-20(30)23-21(26)25(16)12-3-2-4-13-31(27,28)24-22(10-11-22)18-6-5-7-19(14-18)29-15-17-8-9-17/h2-3,5-7,14,16-17,24H,4,8-13,15H2,1H3,(H,23,26,30)/b3-2+/t16-/m1/s1. The number of hydrogen-bond acceptors (Lipinski definition) is 5. The smallest absolute Gasteiger partial charge is 0.323 e. The first kappa shape index (κ1) is 22.2. The lowest BCUT2D eigenvalue weighted by Crippen LogP contribution is -2.36. The van der Waals surface area contributed by atoms with Gasteiger partial charge in [-0.2, -0.15) is 0 Å². The van der Waals surface area contributed by atoms with Crippen molar-refractivity contribution in [2.75, 3.05) is 18.9 Å².